The molecule has 3 aromatic rings. The largest absolute Gasteiger partial charge is 0.465 e. The van der Waals surface area contributed by atoms with Crippen LogP contribution in [-0.4, -0.2) is 89.8 Å². The van der Waals surface area contributed by atoms with Crippen molar-refractivity contribution in [2.75, 3.05) is 39.0 Å². The molecule has 11 heteroatoms. The summed E-state index contributed by atoms with van der Waals surface area (Å²) in [5.74, 6) is 2.05. The highest BCUT2D eigenvalue weighted by atomic mass is 16.4. The molecule has 0 radical (unpaired) electrons. The van der Waals surface area contributed by atoms with Gasteiger partial charge in [0.05, 0.1) is 11.1 Å². The molecular formula is C22H31N9O2. The average molecular weight is 454 g/mol. The van der Waals surface area contributed by atoms with Gasteiger partial charge in [-0.25, -0.2) is 29.7 Å². The predicted molar refractivity (Wildman–Crippen MR) is 125 cm³/mol. The second kappa shape index (κ2) is 9.26. The molecule has 1 aliphatic heterocycles. The van der Waals surface area contributed by atoms with Gasteiger partial charge in [-0.05, 0) is 53.8 Å². The fraction of sp³-hybridized carbons (Fsp3) is 0.545. The van der Waals surface area contributed by atoms with Gasteiger partial charge in [-0.2, -0.15) is 0 Å². The molecule has 4 rings (SSSR count). The van der Waals surface area contributed by atoms with Crippen LogP contribution in [-0.2, 0) is 6.54 Å². The van der Waals surface area contributed by atoms with Crippen LogP contribution in [0.15, 0.2) is 18.7 Å². The van der Waals surface area contributed by atoms with Crippen LogP contribution in [0.25, 0.3) is 22.6 Å². The molecule has 2 N–H and O–H groups in total. The first kappa shape index (κ1) is 22.8. The number of anilines is 1. The van der Waals surface area contributed by atoms with Crippen LogP contribution in [0.3, 0.4) is 0 Å². The van der Waals surface area contributed by atoms with E-state index in [4.69, 9.17) is 4.98 Å². The van der Waals surface area contributed by atoms with Crippen molar-refractivity contribution in [2.45, 2.75) is 45.2 Å². The van der Waals surface area contributed by atoms with Crippen molar-refractivity contribution in [1.82, 2.24) is 39.3 Å². The van der Waals surface area contributed by atoms with Crippen molar-refractivity contribution in [3.05, 3.63) is 24.5 Å². The van der Waals surface area contributed by atoms with E-state index < -0.39 is 11.6 Å². The molecule has 1 aliphatic rings. The first-order valence-electron chi connectivity index (χ1n) is 11.2. The maximum absolute atomic E-state index is 11.6. The predicted octanol–water partition coefficient (Wildman–Crippen LogP) is 2.49. The zero-order valence-electron chi connectivity index (χ0n) is 19.6. The van der Waals surface area contributed by atoms with Gasteiger partial charge in [0, 0.05) is 32.0 Å². The van der Waals surface area contributed by atoms with E-state index >= 15 is 0 Å². The zero-order valence-corrected chi connectivity index (χ0v) is 19.6. The third-order valence-electron chi connectivity index (χ3n) is 6.16. The van der Waals surface area contributed by atoms with E-state index in [0.29, 0.717) is 43.2 Å². The van der Waals surface area contributed by atoms with Crippen LogP contribution in [0.5, 0.6) is 0 Å². The summed E-state index contributed by atoms with van der Waals surface area (Å²) in [4.78, 5) is 37.8. The van der Waals surface area contributed by atoms with Crippen LogP contribution in [0.1, 0.15) is 32.0 Å². The molecular weight excluding hydrogens is 422 g/mol. The van der Waals surface area contributed by atoms with E-state index in [9.17, 15) is 9.90 Å². The summed E-state index contributed by atoms with van der Waals surface area (Å²) in [6.07, 6.45) is 6.65. The number of imidazole rings is 1. The van der Waals surface area contributed by atoms with Crippen molar-refractivity contribution >= 4 is 23.1 Å². The lowest BCUT2D eigenvalue weighted by Gasteiger charge is -2.31. The third-order valence-corrected chi connectivity index (χ3v) is 6.16. The van der Waals surface area contributed by atoms with Crippen LogP contribution < -0.4 is 5.32 Å². The summed E-state index contributed by atoms with van der Waals surface area (Å²) in [5.41, 5.74) is 1.79. The molecule has 3 aromatic heterocycles. The summed E-state index contributed by atoms with van der Waals surface area (Å²) in [7, 11) is 4.08. The molecule has 1 unspecified atom stereocenters. The Labute approximate surface area is 192 Å². The number of hydrogen-bond donors (Lipinski definition) is 2. The molecule has 1 fully saturated rings. The van der Waals surface area contributed by atoms with Gasteiger partial charge in [0.15, 0.2) is 17.0 Å². The van der Waals surface area contributed by atoms with Crippen LogP contribution in [0, 0.1) is 6.92 Å². The number of carboxylic acid groups (broad SMARTS) is 1. The second-order valence-electron chi connectivity index (χ2n) is 8.86. The Hall–Kier alpha value is -3.34. The highest BCUT2D eigenvalue weighted by Gasteiger charge is 2.40. The second-order valence-corrected chi connectivity index (χ2v) is 8.86. The standard InChI is InChI=1S/C22H31N9O2/c1-5-31-19(16-11-23-15(2)24-12-16)27-17-18(25-14-26-20(17)31)28-22(7-6-9-29(3)4)8-10-30(13-22)21(32)33/h11-12,14H,5-10,13H2,1-4H3,(H,32,33)(H,25,26,28). The molecule has 33 heavy (non-hydrogen) atoms. The van der Waals surface area contributed by atoms with Gasteiger partial charge in [0.25, 0.3) is 0 Å². The van der Waals surface area contributed by atoms with E-state index in [-0.39, 0.29) is 0 Å². The highest BCUT2D eigenvalue weighted by Crippen LogP contribution is 2.33. The molecule has 176 valence electrons. The highest BCUT2D eigenvalue weighted by molar-refractivity contribution is 5.86. The minimum atomic E-state index is -0.893. The Balaban J connectivity index is 1.71. The molecule has 1 amide bonds. The minimum absolute atomic E-state index is 0.404. The fourth-order valence-electron chi connectivity index (χ4n) is 4.45. The van der Waals surface area contributed by atoms with Crippen LogP contribution in [0.4, 0.5) is 10.6 Å². The van der Waals surface area contributed by atoms with Crippen molar-refractivity contribution in [3.8, 4) is 11.4 Å². The van der Waals surface area contributed by atoms with Crippen molar-refractivity contribution < 1.29 is 9.90 Å². The van der Waals surface area contributed by atoms with E-state index in [1.165, 1.54) is 11.2 Å². The summed E-state index contributed by atoms with van der Waals surface area (Å²) in [5, 5.41) is 13.2. The molecule has 0 aliphatic carbocycles. The van der Waals surface area contributed by atoms with Gasteiger partial charge in [0.1, 0.15) is 18.0 Å². The minimum Gasteiger partial charge on any atom is -0.465 e. The Morgan fingerprint density at radius 2 is 2.00 bits per heavy atom. The number of likely N-dealkylation sites (tertiary alicyclic amines) is 1. The van der Waals surface area contributed by atoms with Crippen LogP contribution in [0.2, 0.25) is 0 Å². The van der Waals surface area contributed by atoms with Crippen LogP contribution >= 0.6 is 0 Å². The Bertz CT molecular complexity index is 1130. The molecule has 1 saturated heterocycles. The number of fused-ring (bicyclic) bond motifs is 1. The van der Waals surface area contributed by atoms with Crippen molar-refractivity contribution in [2.24, 2.45) is 0 Å². The molecule has 11 nitrogen and oxygen atoms in total. The summed E-state index contributed by atoms with van der Waals surface area (Å²) in [6, 6.07) is 0. The zero-order chi connectivity index (χ0) is 23.6. The number of rotatable bonds is 8. The number of aryl methyl sites for hydroxylation is 2. The van der Waals surface area contributed by atoms with Gasteiger partial charge in [-0.15, -0.1) is 0 Å². The lowest BCUT2D eigenvalue weighted by atomic mass is 9.92. The van der Waals surface area contributed by atoms with E-state index in [0.717, 1.165) is 36.4 Å². The quantitative estimate of drug-likeness (QED) is 0.529. The number of aromatic nitrogens is 6. The van der Waals surface area contributed by atoms with Crippen molar-refractivity contribution in [1.29, 1.82) is 0 Å². The first-order valence-corrected chi connectivity index (χ1v) is 11.2. The smallest absolute Gasteiger partial charge is 0.407 e. The number of carbonyl (C=O) groups is 1. The Kier molecular flexibility index (Phi) is 6.41. The number of nitrogens with one attached hydrogen (secondary N) is 1. The Morgan fingerprint density at radius 3 is 2.64 bits per heavy atom. The fourth-order valence-corrected chi connectivity index (χ4v) is 4.45. The van der Waals surface area contributed by atoms with Gasteiger partial charge >= 0.3 is 6.09 Å². The number of amides is 1. The normalized spacial score (nSPS) is 18.4. The molecule has 1 atom stereocenters. The monoisotopic (exact) mass is 453 g/mol. The average Bonchev–Trinajstić information content (AvgIpc) is 3.37. The van der Waals surface area contributed by atoms with E-state index in [1.54, 1.807) is 12.4 Å². The lowest BCUT2D eigenvalue weighted by molar-refractivity contribution is 0.153. The SMILES string of the molecule is CCn1c(-c2cnc(C)nc2)nc2c(NC3(CCCN(C)C)CCN(C(=O)O)C3)ncnc21. The maximum atomic E-state index is 11.6. The summed E-state index contributed by atoms with van der Waals surface area (Å²) in [6.45, 7) is 6.40. The number of hydrogen-bond acceptors (Lipinski definition) is 8. The molecule has 0 aromatic carbocycles. The van der Waals surface area contributed by atoms with Gasteiger partial charge in [-0.1, -0.05) is 0 Å². The van der Waals surface area contributed by atoms with E-state index in [1.807, 2.05) is 32.5 Å². The van der Waals surface area contributed by atoms with Gasteiger partial charge in [-0.3, -0.25) is 0 Å². The summed E-state index contributed by atoms with van der Waals surface area (Å²) < 4.78 is 2.02. The molecule has 0 spiro atoms. The number of nitrogens with zero attached hydrogens (tertiary/aromatic N) is 8. The molecule has 4 heterocycles. The first-order chi connectivity index (χ1) is 15.8. The Morgan fingerprint density at radius 1 is 1.24 bits per heavy atom. The van der Waals surface area contributed by atoms with Gasteiger partial charge in [0.2, 0.25) is 0 Å². The lowest BCUT2D eigenvalue weighted by Crippen LogP contribution is -2.43. The molecule has 0 saturated carbocycles. The topological polar surface area (TPSA) is 125 Å². The third kappa shape index (κ3) is 4.72. The van der Waals surface area contributed by atoms with Crippen molar-refractivity contribution in [3.63, 3.8) is 0 Å². The molecule has 0 bridgehead atoms. The van der Waals surface area contributed by atoms with Gasteiger partial charge < -0.3 is 24.8 Å². The van der Waals surface area contributed by atoms with E-state index in [2.05, 4.69) is 30.2 Å². The maximum Gasteiger partial charge on any atom is 0.407 e. The summed E-state index contributed by atoms with van der Waals surface area (Å²) >= 11 is 0.